The summed E-state index contributed by atoms with van der Waals surface area (Å²) in [5.41, 5.74) is 0.454. The highest BCUT2D eigenvalue weighted by Gasteiger charge is 2.21. The fraction of sp³-hybridized carbons (Fsp3) is 0.692. The first kappa shape index (κ1) is 12.1. The molecule has 94 valence electrons. The van der Waals surface area contributed by atoms with Crippen LogP contribution in [0.4, 0.5) is 0 Å². The maximum Gasteiger partial charge on any atom is 0.276 e. The fourth-order valence-electron chi connectivity index (χ4n) is 2.10. The number of aromatic nitrogens is 1. The molecule has 0 unspecified atom stereocenters. The summed E-state index contributed by atoms with van der Waals surface area (Å²) in [5, 5.41) is 3.88. The minimum Gasteiger partial charge on any atom is -0.360 e. The average molecular weight is 236 g/mol. The van der Waals surface area contributed by atoms with Gasteiger partial charge in [-0.3, -0.25) is 4.79 Å². The molecule has 2 heterocycles. The van der Waals surface area contributed by atoms with E-state index in [1.165, 1.54) is 12.8 Å². The van der Waals surface area contributed by atoms with Gasteiger partial charge in [-0.25, -0.2) is 0 Å². The smallest absolute Gasteiger partial charge is 0.276 e. The molecule has 4 nitrogen and oxygen atoms in total. The van der Waals surface area contributed by atoms with Crippen LogP contribution in [0.3, 0.4) is 0 Å². The highest BCUT2D eigenvalue weighted by atomic mass is 16.5. The Morgan fingerprint density at radius 3 is 2.47 bits per heavy atom. The Balaban J connectivity index is 2.06. The van der Waals surface area contributed by atoms with Crippen LogP contribution in [-0.4, -0.2) is 29.1 Å². The number of hydrogen-bond acceptors (Lipinski definition) is 3. The molecule has 0 aromatic carbocycles. The molecule has 0 saturated carbocycles. The molecule has 1 saturated heterocycles. The van der Waals surface area contributed by atoms with Gasteiger partial charge in [0.15, 0.2) is 5.69 Å². The molecule has 0 atom stereocenters. The predicted octanol–water partition coefficient (Wildman–Crippen LogP) is 2.81. The zero-order valence-corrected chi connectivity index (χ0v) is 10.6. The molecule has 17 heavy (non-hydrogen) atoms. The number of rotatable bonds is 2. The van der Waals surface area contributed by atoms with Crippen LogP contribution in [-0.2, 0) is 0 Å². The van der Waals surface area contributed by atoms with Crippen LogP contribution < -0.4 is 0 Å². The van der Waals surface area contributed by atoms with E-state index >= 15 is 0 Å². The summed E-state index contributed by atoms with van der Waals surface area (Å²) in [6.07, 6.45) is 4.64. The molecule has 1 aliphatic heterocycles. The molecule has 1 aromatic rings. The maximum atomic E-state index is 12.2. The van der Waals surface area contributed by atoms with Crippen molar-refractivity contribution in [3.05, 3.63) is 17.5 Å². The molecular formula is C13H20N2O2. The molecule has 4 heteroatoms. The van der Waals surface area contributed by atoms with E-state index in [1.54, 1.807) is 6.07 Å². The zero-order chi connectivity index (χ0) is 12.3. The second-order valence-electron chi connectivity index (χ2n) is 4.98. The topological polar surface area (TPSA) is 46.3 Å². The summed E-state index contributed by atoms with van der Waals surface area (Å²) in [7, 11) is 0. The van der Waals surface area contributed by atoms with Crippen molar-refractivity contribution in [1.82, 2.24) is 10.1 Å². The third-order valence-electron chi connectivity index (χ3n) is 3.21. The molecular weight excluding hydrogens is 216 g/mol. The molecule has 2 rings (SSSR count). The molecule has 0 aliphatic carbocycles. The van der Waals surface area contributed by atoms with Gasteiger partial charge < -0.3 is 9.42 Å². The Kier molecular flexibility index (Phi) is 3.82. The lowest BCUT2D eigenvalue weighted by molar-refractivity contribution is 0.0751. The first-order valence-electron chi connectivity index (χ1n) is 6.44. The molecule has 1 amide bonds. The fourth-order valence-corrected chi connectivity index (χ4v) is 2.10. The van der Waals surface area contributed by atoms with Crippen LogP contribution in [0.1, 0.15) is 61.7 Å². The van der Waals surface area contributed by atoms with Crippen LogP contribution in [0.25, 0.3) is 0 Å². The summed E-state index contributed by atoms with van der Waals surface area (Å²) in [6, 6.07) is 1.78. The zero-order valence-electron chi connectivity index (χ0n) is 10.6. The first-order chi connectivity index (χ1) is 8.18. The number of likely N-dealkylation sites (tertiary alicyclic amines) is 1. The number of carbonyl (C=O) groups is 1. The largest absolute Gasteiger partial charge is 0.360 e. The van der Waals surface area contributed by atoms with E-state index < -0.39 is 0 Å². The van der Waals surface area contributed by atoms with Crippen molar-refractivity contribution in [2.24, 2.45) is 0 Å². The molecule has 1 aromatic heterocycles. The van der Waals surface area contributed by atoms with Gasteiger partial charge in [0.1, 0.15) is 5.76 Å². The van der Waals surface area contributed by atoms with Crippen LogP contribution in [0, 0.1) is 0 Å². The average Bonchev–Trinajstić information content (AvgIpc) is 2.65. The summed E-state index contributed by atoms with van der Waals surface area (Å²) in [4.78, 5) is 14.1. The van der Waals surface area contributed by atoms with Crippen molar-refractivity contribution in [3.8, 4) is 0 Å². The molecule has 0 N–H and O–H groups in total. The van der Waals surface area contributed by atoms with Crippen molar-refractivity contribution in [2.75, 3.05) is 13.1 Å². The second kappa shape index (κ2) is 5.34. The SMILES string of the molecule is CC(C)c1cc(C(=O)N2CCCCCC2)no1. The number of amides is 1. The minimum atomic E-state index is 0.0163. The van der Waals surface area contributed by atoms with Gasteiger partial charge in [0.25, 0.3) is 5.91 Å². The molecule has 0 bridgehead atoms. The van der Waals surface area contributed by atoms with Gasteiger partial charge in [0, 0.05) is 25.1 Å². The van der Waals surface area contributed by atoms with Crippen molar-refractivity contribution in [1.29, 1.82) is 0 Å². The molecule has 0 spiro atoms. The van der Waals surface area contributed by atoms with E-state index in [-0.39, 0.29) is 11.8 Å². The van der Waals surface area contributed by atoms with Gasteiger partial charge in [-0.05, 0) is 12.8 Å². The number of hydrogen-bond donors (Lipinski definition) is 0. The Bertz CT molecular complexity index is 377. The van der Waals surface area contributed by atoms with E-state index in [9.17, 15) is 4.79 Å². The summed E-state index contributed by atoms with van der Waals surface area (Å²) >= 11 is 0. The van der Waals surface area contributed by atoms with Crippen molar-refractivity contribution in [3.63, 3.8) is 0 Å². The maximum absolute atomic E-state index is 12.2. The first-order valence-corrected chi connectivity index (χ1v) is 6.44. The lowest BCUT2D eigenvalue weighted by Crippen LogP contribution is -2.32. The highest BCUT2D eigenvalue weighted by molar-refractivity contribution is 5.92. The molecule has 1 aliphatic rings. The third kappa shape index (κ3) is 2.87. The number of carbonyl (C=O) groups excluding carboxylic acids is 1. The van der Waals surface area contributed by atoms with Crippen molar-refractivity contribution >= 4 is 5.91 Å². The van der Waals surface area contributed by atoms with Gasteiger partial charge in [0.2, 0.25) is 0 Å². The van der Waals surface area contributed by atoms with Gasteiger partial charge in [-0.15, -0.1) is 0 Å². The highest BCUT2D eigenvalue weighted by Crippen LogP contribution is 2.17. The predicted molar refractivity (Wildman–Crippen MR) is 65.0 cm³/mol. The van der Waals surface area contributed by atoms with Gasteiger partial charge in [-0.2, -0.15) is 0 Å². The Labute approximate surface area is 102 Å². The van der Waals surface area contributed by atoms with Gasteiger partial charge in [0.05, 0.1) is 0 Å². The minimum absolute atomic E-state index is 0.0163. The summed E-state index contributed by atoms with van der Waals surface area (Å²) in [5.74, 6) is 1.07. The summed E-state index contributed by atoms with van der Waals surface area (Å²) < 4.78 is 5.17. The van der Waals surface area contributed by atoms with Crippen molar-refractivity contribution in [2.45, 2.75) is 45.4 Å². The van der Waals surface area contributed by atoms with E-state index in [2.05, 4.69) is 5.16 Å². The van der Waals surface area contributed by atoms with Crippen molar-refractivity contribution < 1.29 is 9.32 Å². The Morgan fingerprint density at radius 1 is 1.29 bits per heavy atom. The van der Waals surface area contributed by atoms with E-state index in [0.29, 0.717) is 5.69 Å². The second-order valence-corrected chi connectivity index (χ2v) is 4.98. The van der Waals surface area contributed by atoms with E-state index in [0.717, 1.165) is 31.7 Å². The van der Waals surface area contributed by atoms with Crippen LogP contribution in [0.5, 0.6) is 0 Å². The van der Waals surface area contributed by atoms with Gasteiger partial charge in [-0.1, -0.05) is 31.8 Å². The Morgan fingerprint density at radius 2 is 1.94 bits per heavy atom. The quantitative estimate of drug-likeness (QED) is 0.793. The lowest BCUT2D eigenvalue weighted by Gasteiger charge is -2.18. The number of nitrogens with zero attached hydrogens (tertiary/aromatic N) is 2. The standard InChI is InChI=1S/C13H20N2O2/c1-10(2)12-9-11(14-17-12)13(16)15-7-5-3-4-6-8-15/h9-10H,3-8H2,1-2H3. The van der Waals surface area contributed by atoms with Crippen LogP contribution >= 0.6 is 0 Å². The van der Waals surface area contributed by atoms with E-state index in [4.69, 9.17) is 4.52 Å². The monoisotopic (exact) mass is 236 g/mol. The normalized spacial score (nSPS) is 17.2. The Hall–Kier alpha value is -1.32. The molecule has 1 fully saturated rings. The van der Waals surface area contributed by atoms with Crippen LogP contribution in [0.15, 0.2) is 10.6 Å². The summed E-state index contributed by atoms with van der Waals surface area (Å²) in [6.45, 7) is 5.76. The lowest BCUT2D eigenvalue weighted by atomic mass is 10.1. The van der Waals surface area contributed by atoms with E-state index in [1.807, 2.05) is 18.7 Å². The van der Waals surface area contributed by atoms with Gasteiger partial charge >= 0.3 is 0 Å². The third-order valence-corrected chi connectivity index (χ3v) is 3.21. The molecule has 0 radical (unpaired) electrons. The van der Waals surface area contributed by atoms with Crippen LogP contribution in [0.2, 0.25) is 0 Å².